The topological polar surface area (TPSA) is 24.5 Å². The van der Waals surface area contributed by atoms with Crippen LogP contribution in [0.4, 0.5) is 0 Å². The van der Waals surface area contributed by atoms with Gasteiger partial charge < -0.3 is 15.0 Å². The summed E-state index contributed by atoms with van der Waals surface area (Å²) in [5, 5.41) is 3.45. The van der Waals surface area contributed by atoms with Crippen LogP contribution in [-0.2, 0) is 4.74 Å². The molecule has 1 fully saturated rings. The number of hydrogen-bond donors (Lipinski definition) is 1. The number of piperidine rings is 1. The summed E-state index contributed by atoms with van der Waals surface area (Å²) in [6, 6.07) is 0. The smallest absolute Gasteiger partial charge is 0.0531 e. The first kappa shape index (κ1) is 14.9. The van der Waals surface area contributed by atoms with Crippen molar-refractivity contribution in [2.24, 2.45) is 5.41 Å². The zero-order valence-electron chi connectivity index (χ0n) is 11.9. The summed E-state index contributed by atoms with van der Waals surface area (Å²) in [6.07, 6.45) is 6.48. The third-order valence-electron chi connectivity index (χ3n) is 3.86. The minimum absolute atomic E-state index is 0.390. The molecule has 3 heteroatoms. The summed E-state index contributed by atoms with van der Waals surface area (Å²) in [5.74, 6) is 0. The monoisotopic (exact) mass is 242 g/mol. The molecule has 102 valence electrons. The van der Waals surface area contributed by atoms with Gasteiger partial charge in [-0.3, -0.25) is 0 Å². The quantitative estimate of drug-likeness (QED) is 0.660. The molecule has 0 amide bonds. The Morgan fingerprint density at radius 3 is 2.53 bits per heavy atom. The highest BCUT2D eigenvalue weighted by Crippen LogP contribution is 2.30. The molecule has 3 nitrogen and oxygen atoms in total. The molecule has 0 aromatic carbocycles. The van der Waals surface area contributed by atoms with Crippen molar-refractivity contribution < 1.29 is 4.74 Å². The summed E-state index contributed by atoms with van der Waals surface area (Å²) in [5.41, 5.74) is 0.390. The molecule has 1 aliphatic rings. The van der Waals surface area contributed by atoms with Gasteiger partial charge in [0.25, 0.3) is 0 Å². The summed E-state index contributed by atoms with van der Waals surface area (Å²) in [6.45, 7) is 7.88. The second kappa shape index (κ2) is 8.06. The van der Waals surface area contributed by atoms with Gasteiger partial charge in [-0.15, -0.1) is 0 Å². The normalized spacial score (nSPS) is 19.8. The van der Waals surface area contributed by atoms with Gasteiger partial charge in [-0.05, 0) is 45.9 Å². The molecule has 0 aromatic heterocycles. The maximum Gasteiger partial charge on any atom is 0.0531 e. The molecule has 1 heterocycles. The molecule has 0 bridgehead atoms. The number of nitrogens with zero attached hydrogens (tertiary/aromatic N) is 1. The molecule has 0 unspecified atom stereocenters. The van der Waals surface area contributed by atoms with E-state index in [0.29, 0.717) is 5.41 Å². The van der Waals surface area contributed by atoms with Gasteiger partial charge in [0.15, 0.2) is 0 Å². The number of hydrogen-bond acceptors (Lipinski definition) is 3. The average molecular weight is 242 g/mol. The predicted molar refractivity (Wildman–Crippen MR) is 73.4 cm³/mol. The van der Waals surface area contributed by atoms with E-state index in [1.54, 1.807) is 0 Å². The standard InChI is InChI=1S/C14H30N2O/c1-4-5-6-11-16(2)12-14(13-17-3)7-9-15-10-8-14/h15H,4-13H2,1-3H3. The van der Waals surface area contributed by atoms with Gasteiger partial charge in [-0.2, -0.15) is 0 Å². The Morgan fingerprint density at radius 2 is 1.94 bits per heavy atom. The summed E-state index contributed by atoms with van der Waals surface area (Å²) >= 11 is 0. The van der Waals surface area contributed by atoms with Crippen LogP contribution in [0, 0.1) is 5.41 Å². The van der Waals surface area contributed by atoms with Crippen molar-refractivity contribution in [2.75, 3.05) is 46.9 Å². The van der Waals surface area contributed by atoms with Crippen LogP contribution < -0.4 is 5.32 Å². The molecule has 1 saturated heterocycles. The highest BCUT2D eigenvalue weighted by Gasteiger charge is 2.32. The summed E-state index contributed by atoms with van der Waals surface area (Å²) in [7, 11) is 4.09. The van der Waals surface area contributed by atoms with Crippen molar-refractivity contribution in [1.82, 2.24) is 10.2 Å². The van der Waals surface area contributed by atoms with E-state index < -0.39 is 0 Å². The lowest BCUT2D eigenvalue weighted by atomic mass is 9.79. The van der Waals surface area contributed by atoms with Gasteiger partial charge in [0, 0.05) is 19.1 Å². The predicted octanol–water partition coefficient (Wildman–Crippen LogP) is 2.12. The van der Waals surface area contributed by atoms with E-state index in [-0.39, 0.29) is 0 Å². The maximum atomic E-state index is 5.46. The lowest BCUT2D eigenvalue weighted by Crippen LogP contribution is -2.46. The van der Waals surface area contributed by atoms with E-state index in [1.165, 1.54) is 45.2 Å². The maximum absolute atomic E-state index is 5.46. The molecule has 0 saturated carbocycles. The van der Waals surface area contributed by atoms with Crippen molar-refractivity contribution in [3.8, 4) is 0 Å². The molecular weight excluding hydrogens is 212 g/mol. The fourth-order valence-corrected chi connectivity index (χ4v) is 2.89. The van der Waals surface area contributed by atoms with Gasteiger partial charge in [-0.1, -0.05) is 19.8 Å². The number of ether oxygens (including phenoxy) is 1. The highest BCUT2D eigenvalue weighted by atomic mass is 16.5. The molecule has 0 aliphatic carbocycles. The van der Waals surface area contributed by atoms with Crippen molar-refractivity contribution in [2.45, 2.75) is 39.0 Å². The molecular formula is C14H30N2O. The van der Waals surface area contributed by atoms with Crippen LogP contribution in [-0.4, -0.2) is 51.8 Å². The molecule has 0 aromatic rings. The molecule has 1 aliphatic heterocycles. The van der Waals surface area contributed by atoms with Crippen LogP contribution in [0.15, 0.2) is 0 Å². The minimum atomic E-state index is 0.390. The molecule has 1 N–H and O–H groups in total. The lowest BCUT2D eigenvalue weighted by Gasteiger charge is -2.40. The number of rotatable bonds is 8. The van der Waals surface area contributed by atoms with Crippen molar-refractivity contribution in [3.05, 3.63) is 0 Å². The molecule has 1 rings (SSSR count). The van der Waals surface area contributed by atoms with Crippen LogP contribution in [0.1, 0.15) is 39.0 Å². The Hall–Kier alpha value is -0.120. The first-order chi connectivity index (χ1) is 8.22. The number of methoxy groups -OCH3 is 1. The third-order valence-corrected chi connectivity index (χ3v) is 3.86. The second-order valence-corrected chi connectivity index (χ2v) is 5.63. The Bertz CT molecular complexity index is 185. The number of unbranched alkanes of at least 4 members (excludes halogenated alkanes) is 2. The minimum Gasteiger partial charge on any atom is -0.384 e. The summed E-state index contributed by atoms with van der Waals surface area (Å²) < 4.78 is 5.46. The molecule has 0 atom stereocenters. The summed E-state index contributed by atoms with van der Waals surface area (Å²) in [4.78, 5) is 2.50. The van der Waals surface area contributed by atoms with Crippen LogP contribution in [0.3, 0.4) is 0 Å². The third kappa shape index (κ3) is 5.36. The van der Waals surface area contributed by atoms with Crippen LogP contribution >= 0.6 is 0 Å². The SMILES string of the molecule is CCCCCN(C)CC1(COC)CCNCC1. The van der Waals surface area contributed by atoms with Crippen LogP contribution in [0.2, 0.25) is 0 Å². The second-order valence-electron chi connectivity index (χ2n) is 5.63. The number of nitrogens with one attached hydrogen (secondary N) is 1. The van der Waals surface area contributed by atoms with E-state index in [1.807, 2.05) is 7.11 Å². The van der Waals surface area contributed by atoms with E-state index >= 15 is 0 Å². The molecule has 17 heavy (non-hydrogen) atoms. The zero-order valence-corrected chi connectivity index (χ0v) is 11.9. The largest absolute Gasteiger partial charge is 0.384 e. The first-order valence-electron chi connectivity index (χ1n) is 7.11. The fourth-order valence-electron chi connectivity index (χ4n) is 2.89. The first-order valence-corrected chi connectivity index (χ1v) is 7.11. The van der Waals surface area contributed by atoms with Gasteiger partial charge in [0.05, 0.1) is 6.61 Å². The molecule has 0 radical (unpaired) electrons. The van der Waals surface area contributed by atoms with Gasteiger partial charge in [0.1, 0.15) is 0 Å². The van der Waals surface area contributed by atoms with E-state index in [4.69, 9.17) is 4.74 Å². The van der Waals surface area contributed by atoms with E-state index in [0.717, 1.165) is 19.7 Å². The fraction of sp³-hybridized carbons (Fsp3) is 1.00. The zero-order chi connectivity index (χ0) is 12.6. The average Bonchev–Trinajstić information content (AvgIpc) is 2.30. The van der Waals surface area contributed by atoms with Crippen molar-refractivity contribution in [3.63, 3.8) is 0 Å². The van der Waals surface area contributed by atoms with Gasteiger partial charge in [0.2, 0.25) is 0 Å². The highest BCUT2D eigenvalue weighted by molar-refractivity contribution is 4.86. The van der Waals surface area contributed by atoms with Crippen molar-refractivity contribution in [1.29, 1.82) is 0 Å². The lowest BCUT2D eigenvalue weighted by molar-refractivity contribution is 0.0282. The Labute approximate surface area is 107 Å². The van der Waals surface area contributed by atoms with Gasteiger partial charge in [-0.25, -0.2) is 0 Å². The Morgan fingerprint density at radius 1 is 1.24 bits per heavy atom. The Balaban J connectivity index is 2.36. The van der Waals surface area contributed by atoms with E-state index in [2.05, 4.69) is 24.2 Å². The van der Waals surface area contributed by atoms with Gasteiger partial charge >= 0.3 is 0 Å². The van der Waals surface area contributed by atoms with E-state index in [9.17, 15) is 0 Å². The van der Waals surface area contributed by atoms with Crippen LogP contribution in [0.5, 0.6) is 0 Å². The Kier molecular flexibility index (Phi) is 7.09. The molecule has 0 spiro atoms. The van der Waals surface area contributed by atoms with Crippen molar-refractivity contribution >= 4 is 0 Å². The van der Waals surface area contributed by atoms with Crippen LogP contribution in [0.25, 0.3) is 0 Å².